The molecule has 1 aromatic carbocycles. The number of allylic oxidation sites excluding steroid dienone is 2. The largest absolute Gasteiger partial charge is 0.508 e. The second-order valence-corrected chi connectivity index (χ2v) is 18.2. The maximum absolute atomic E-state index is 12.9. The zero-order valence-corrected chi connectivity index (χ0v) is 31.4. The molecule has 9 atom stereocenters. The molecule has 1 aromatic rings. The van der Waals surface area contributed by atoms with Gasteiger partial charge in [-0.05, 0) is 136 Å². The minimum atomic E-state index is -1.12. The van der Waals surface area contributed by atoms with Crippen molar-refractivity contribution in [3.8, 4) is 0 Å². The Morgan fingerprint density at radius 3 is 2.29 bits per heavy atom. The molecule has 9 unspecified atom stereocenters. The molecule has 1 aliphatic heterocycles. The molecule has 2 N–H and O–H groups in total. The Balaban J connectivity index is 1.22. The third-order valence-corrected chi connectivity index (χ3v) is 14.5. The summed E-state index contributed by atoms with van der Waals surface area (Å²) in [7, 11) is 0. The van der Waals surface area contributed by atoms with Crippen LogP contribution in [0.1, 0.15) is 131 Å². The molecule has 0 aromatic heterocycles. The normalized spacial score (nSPS) is 37.4. The summed E-state index contributed by atoms with van der Waals surface area (Å²) in [4.78, 5) is 24.6. The van der Waals surface area contributed by atoms with Gasteiger partial charge in [-0.1, -0.05) is 65.8 Å². The van der Waals surface area contributed by atoms with Gasteiger partial charge in [0.1, 0.15) is 11.9 Å². The molecule has 0 bridgehead atoms. The van der Waals surface area contributed by atoms with Crippen molar-refractivity contribution in [2.24, 2.45) is 57.2 Å². The molecule has 0 radical (unpaired) electrons. The zero-order chi connectivity index (χ0) is 35.5. The molecule has 4 fully saturated rings. The quantitative estimate of drug-likeness (QED) is 0.200. The number of hydrogen-bond acceptors (Lipinski definition) is 5. The topological polar surface area (TPSA) is 93.1 Å². The smallest absolute Gasteiger partial charge is 0.309 e. The lowest BCUT2D eigenvalue weighted by molar-refractivity contribution is -0.191. The van der Waals surface area contributed by atoms with Crippen molar-refractivity contribution in [1.29, 1.82) is 0 Å². The van der Waals surface area contributed by atoms with Crippen LogP contribution in [-0.2, 0) is 25.5 Å². The fourth-order valence-electron chi connectivity index (χ4n) is 12.0. The van der Waals surface area contributed by atoms with Crippen molar-refractivity contribution in [2.75, 3.05) is 6.61 Å². The third kappa shape index (κ3) is 6.15. The number of aliphatic hydroxyl groups is 1. The van der Waals surface area contributed by atoms with E-state index < -0.39 is 11.4 Å². The molecule has 49 heavy (non-hydrogen) atoms. The summed E-state index contributed by atoms with van der Waals surface area (Å²) in [5.74, 6) is 3.24. The Kier molecular flexibility index (Phi) is 9.63. The maximum Gasteiger partial charge on any atom is 0.309 e. The van der Waals surface area contributed by atoms with E-state index in [1.807, 2.05) is 13.0 Å². The highest BCUT2D eigenvalue weighted by molar-refractivity contribution is 5.81. The van der Waals surface area contributed by atoms with Gasteiger partial charge in [0.15, 0.2) is 0 Å². The number of aliphatic carboxylic acids is 1. The predicted octanol–water partition coefficient (Wildman–Crippen LogP) is 10.2. The molecule has 1 heterocycles. The lowest BCUT2D eigenvalue weighted by Crippen LogP contribution is -2.60. The van der Waals surface area contributed by atoms with Gasteiger partial charge in [0.05, 0.1) is 24.2 Å². The molecule has 5 aliphatic rings. The van der Waals surface area contributed by atoms with Crippen molar-refractivity contribution in [1.82, 2.24) is 0 Å². The number of aliphatic hydroxyl groups excluding tert-OH is 1. The van der Waals surface area contributed by atoms with Crippen molar-refractivity contribution in [3.63, 3.8) is 0 Å². The number of benzene rings is 1. The number of carboxylic acids is 1. The first-order valence-electron chi connectivity index (χ1n) is 19.3. The van der Waals surface area contributed by atoms with Crippen LogP contribution in [0.3, 0.4) is 0 Å². The molecular weight excluding hydrogens is 612 g/mol. The highest BCUT2D eigenvalue weighted by atomic mass is 16.5. The molecule has 4 aliphatic carbocycles. The second-order valence-electron chi connectivity index (χ2n) is 18.2. The summed E-state index contributed by atoms with van der Waals surface area (Å²) in [6.07, 6.45) is 12.6. The highest BCUT2D eigenvalue weighted by Gasteiger charge is 2.64. The molecule has 270 valence electrons. The number of rotatable bonds is 9. The number of carbonyl (C=O) groups is 2. The van der Waals surface area contributed by atoms with E-state index in [-0.39, 0.29) is 40.7 Å². The summed E-state index contributed by atoms with van der Waals surface area (Å²) in [5.41, 5.74) is 3.22. The molecule has 4 saturated carbocycles. The van der Waals surface area contributed by atoms with Crippen molar-refractivity contribution in [2.45, 2.75) is 132 Å². The van der Waals surface area contributed by atoms with Gasteiger partial charge in [-0.3, -0.25) is 9.59 Å². The van der Waals surface area contributed by atoms with Crippen molar-refractivity contribution >= 4 is 17.7 Å². The maximum atomic E-state index is 12.9. The average molecular weight is 675 g/mol. The first-order valence-corrected chi connectivity index (χ1v) is 19.3. The number of carboxylic acid groups (broad SMARTS) is 1. The molecule has 0 spiro atoms. The summed E-state index contributed by atoms with van der Waals surface area (Å²) >= 11 is 0. The van der Waals surface area contributed by atoms with E-state index in [0.29, 0.717) is 35.3 Å². The SMILES string of the molecule is CC/C=C(/O)c1ccc(CC23CCC4C(CCC5C4(C)CCC4C(C)C(OC(=O)CC(C)(C)C(=O)O)CCC45C)C2=C(C(C)C)OC3)cc1. The van der Waals surface area contributed by atoms with Crippen LogP contribution in [0.2, 0.25) is 0 Å². The summed E-state index contributed by atoms with van der Waals surface area (Å²) < 4.78 is 12.8. The molecule has 0 saturated heterocycles. The van der Waals surface area contributed by atoms with E-state index >= 15 is 0 Å². The van der Waals surface area contributed by atoms with E-state index in [9.17, 15) is 19.8 Å². The van der Waals surface area contributed by atoms with Gasteiger partial charge < -0.3 is 19.7 Å². The Hall–Kier alpha value is -2.76. The van der Waals surface area contributed by atoms with Crippen LogP contribution in [0.15, 0.2) is 41.7 Å². The predicted molar refractivity (Wildman–Crippen MR) is 193 cm³/mol. The first kappa shape index (κ1) is 36.0. The van der Waals surface area contributed by atoms with Gasteiger partial charge in [0.2, 0.25) is 0 Å². The fraction of sp³-hybridized carbons (Fsp3) is 0.721. The molecule has 0 amide bonds. The minimum Gasteiger partial charge on any atom is -0.508 e. The van der Waals surface area contributed by atoms with Crippen LogP contribution < -0.4 is 0 Å². The molecule has 6 rings (SSSR count). The standard InChI is InChI=1S/C43H62O6/c1-9-10-33(44)29-13-11-28(12-14-29)23-43-22-18-32-30(37(43)38(26(2)3)48-25-43)15-16-35-41(7)21-19-34(27(4)31(41)17-20-42(32,35)8)49-36(45)24-40(5,6)39(46)47/h10-14,26-27,30-32,34-35,44H,9,15-25H2,1-8H3,(H,46,47)/b33-10+. The lowest BCUT2D eigenvalue weighted by atomic mass is 9.38. The van der Waals surface area contributed by atoms with Gasteiger partial charge in [0.25, 0.3) is 0 Å². The van der Waals surface area contributed by atoms with Crippen molar-refractivity contribution in [3.05, 3.63) is 52.8 Å². The summed E-state index contributed by atoms with van der Waals surface area (Å²) in [6.45, 7) is 18.1. The van der Waals surface area contributed by atoms with Gasteiger partial charge in [-0.25, -0.2) is 0 Å². The summed E-state index contributed by atoms with van der Waals surface area (Å²) in [6, 6.07) is 8.56. The lowest BCUT2D eigenvalue weighted by Gasteiger charge is -2.67. The van der Waals surface area contributed by atoms with E-state index in [2.05, 4.69) is 58.9 Å². The van der Waals surface area contributed by atoms with Crippen LogP contribution in [0, 0.1) is 57.2 Å². The van der Waals surface area contributed by atoms with Gasteiger partial charge in [0, 0.05) is 16.9 Å². The molecular formula is C43H62O6. The van der Waals surface area contributed by atoms with Crippen LogP contribution in [0.4, 0.5) is 0 Å². The Morgan fingerprint density at radius 1 is 0.980 bits per heavy atom. The van der Waals surface area contributed by atoms with Gasteiger partial charge in [-0.2, -0.15) is 0 Å². The Morgan fingerprint density at radius 2 is 1.63 bits per heavy atom. The van der Waals surface area contributed by atoms with E-state index in [0.717, 1.165) is 50.7 Å². The van der Waals surface area contributed by atoms with E-state index in [1.165, 1.54) is 37.0 Å². The van der Waals surface area contributed by atoms with Crippen LogP contribution in [0.25, 0.3) is 5.76 Å². The van der Waals surface area contributed by atoms with E-state index in [1.54, 1.807) is 19.4 Å². The number of fused-ring (bicyclic) bond motifs is 7. The minimum absolute atomic E-state index is 0.0412. The number of hydrogen-bond donors (Lipinski definition) is 2. The van der Waals surface area contributed by atoms with Crippen LogP contribution in [-0.4, -0.2) is 34.9 Å². The summed E-state index contributed by atoms with van der Waals surface area (Å²) in [5, 5.41) is 20.0. The van der Waals surface area contributed by atoms with Gasteiger partial charge in [-0.15, -0.1) is 0 Å². The fourth-order valence-corrected chi connectivity index (χ4v) is 12.0. The van der Waals surface area contributed by atoms with E-state index in [4.69, 9.17) is 9.47 Å². The first-order chi connectivity index (χ1) is 23.1. The van der Waals surface area contributed by atoms with Crippen LogP contribution >= 0.6 is 0 Å². The molecule has 6 heteroatoms. The number of esters is 1. The number of carbonyl (C=O) groups excluding carboxylic acids is 1. The highest BCUT2D eigenvalue weighted by Crippen LogP contribution is 2.71. The zero-order valence-electron chi connectivity index (χ0n) is 31.4. The van der Waals surface area contributed by atoms with Crippen LogP contribution in [0.5, 0.6) is 0 Å². The molecule has 6 nitrogen and oxygen atoms in total. The monoisotopic (exact) mass is 674 g/mol. The van der Waals surface area contributed by atoms with Gasteiger partial charge >= 0.3 is 11.9 Å². The average Bonchev–Trinajstić information content (AvgIpc) is 3.42. The van der Waals surface area contributed by atoms with Crippen molar-refractivity contribution < 1.29 is 29.3 Å². The second kappa shape index (κ2) is 13.1. The third-order valence-electron chi connectivity index (χ3n) is 14.5. The Labute approximate surface area is 295 Å². The Bertz CT molecular complexity index is 1490. The number of ether oxygens (including phenoxy) is 2.